The predicted octanol–water partition coefficient (Wildman–Crippen LogP) is 1.70. The van der Waals surface area contributed by atoms with Crippen LogP contribution in [0.3, 0.4) is 0 Å². The summed E-state index contributed by atoms with van der Waals surface area (Å²) in [5.41, 5.74) is -2.80. The number of ketones is 1. The van der Waals surface area contributed by atoms with Crippen molar-refractivity contribution >= 4 is 21.8 Å². The number of carbonyl (C=O) groups excluding carboxylic acids is 2. The van der Waals surface area contributed by atoms with Crippen LogP contribution in [0, 0.1) is 23.7 Å². The first kappa shape index (κ1) is 54.3. The van der Waals surface area contributed by atoms with Gasteiger partial charge in [-0.2, -0.15) is 0 Å². The van der Waals surface area contributed by atoms with Crippen LogP contribution >= 0.6 is 0 Å². The number of rotatable bonds is 13. The van der Waals surface area contributed by atoms with Crippen LogP contribution < -0.4 is 5.14 Å². The number of aliphatic hydroxyl groups is 4. The molecule has 0 spiro atoms. The van der Waals surface area contributed by atoms with E-state index in [-0.39, 0.29) is 42.7 Å². The smallest absolute Gasteiger partial charge is 0.311 e. The molecule has 68 heavy (non-hydrogen) atoms. The van der Waals surface area contributed by atoms with E-state index >= 15 is 0 Å². The maximum atomic E-state index is 14.4. The summed E-state index contributed by atoms with van der Waals surface area (Å²) in [6.45, 7) is 16.1. The lowest BCUT2D eigenvalue weighted by Gasteiger charge is -2.49. The molecule has 5 heterocycles. The molecular weight excluding hydrogens is 907 g/mol. The number of likely N-dealkylation sites (N-methyl/N-ethyl adjacent to an activating group) is 1. The molecule has 21 heteroatoms. The summed E-state index contributed by atoms with van der Waals surface area (Å²) >= 11 is 0. The Labute approximate surface area is 400 Å². The van der Waals surface area contributed by atoms with Gasteiger partial charge < -0.3 is 58.5 Å². The second-order valence-electron chi connectivity index (χ2n) is 20.4. The van der Waals surface area contributed by atoms with Crippen molar-refractivity contribution in [2.45, 2.75) is 190 Å². The van der Waals surface area contributed by atoms with Crippen LogP contribution in [0.25, 0.3) is 0 Å². The average Bonchev–Trinajstić information content (AvgIpc) is 3.92. The number of nitrogens with zero attached hydrogens (tertiary/aromatic N) is 4. The number of hydrogen-bond donors (Lipinski definition) is 5. The molecule has 4 aliphatic rings. The minimum Gasteiger partial charge on any atom is -0.459 e. The maximum absolute atomic E-state index is 14.4. The molecule has 4 aliphatic heterocycles. The predicted molar refractivity (Wildman–Crippen MR) is 244 cm³/mol. The third-order valence-electron chi connectivity index (χ3n) is 15.1. The highest BCUT2D eigenvalue weighted by molar-refractivity contribution is 7.89. The Hall–Kier alpha value is -3.03. The van der Waals surface area contributed by atoms with Crippen molar-refractivity contribution in [2.24, 2.45) is 28.8 Å². The number of sulfonamides is 1. The van der Waals surface area contributed by atoms with Crippen molar-refractivity contribution in [1.29, 1.82) is 0 Å². The van der Waals surface area contributed by atoms with Crippen molar-refractivity contribution in [3.05, 3.63) is 41.7 Å². The molecular formula is C47H75N5O15S. The van der Waals surface area contributed by atoms with E-state index in [2.05, 4.69) is 10.3 Å². The Kier molecular flexibility index (Phi) is 17.1. The van der Waals surface area contributed by atoms with E-state index in [0.717, 1.165) is 5.56 Å². The third-order valence-corrected chi connectivity index (χ3v) is 16.0. The van der Waals surface area contributed by atoms with E-state index in [1.165, 1.54) is 26.2 Å². The largest absolute Gasteiger partial charge is 0.459 e. The lowest BCUT2D eigenvalue weighted by Crippen LogP contribution is -2.61. The zero-order chi connectivity index (χ0) is 50.3. The highest BCUT2D eigenvalue weighted by Crippen LogP contribution is 2.44. The van der Waals surface area contributed by atoms with Crippen LogP contribution in [0.2, 0.25) is 0 Å². The van der Waals surface area contributed by atoms with Crippen molar-refractivity contribution in [3.8, 4) is 0 Å². The highest BCUT2D eigenvalue weighted by Gasteiger charge is 2.56. The summed E-state index contributed by atoms with van der Waals surface area (Å²) < 4.78 is 69.8. The Morgan fingerprint density at radius 3 is 2.28 bits per heavy atom. The van der Waals surface area contributed by atoms with Gasteiger partial charge in [-0.25, -0.2) is 18.2 Å². The number of Topliss-reactive ketones (excluding diaryl/α,β-unsaturated/α-hetero) is 1. The molecule has 0 saturated carbocycles. The Morgan fingerprint density at radius 2 is 1.65 bits per heavy atom. The molecule has 2 aromatic rings. The normalized spacial score (nSPS) is 41.1. The summed E-state index contributed by atoms with van der Waals surface area (Å²) in [6.07, 6.45) is -7.22. The van der Waals surface area contributed by atoms with Gasteiger partial charge in [0.05, 0.1) is 71.4 Å². The van der Waals surface area contributed by atoms with Gasteiger partial charge in [-0.15, -0.1) is 5.10 Å². The van der Waals surface area contributed by atoms with Crippen LogP contribution in [0.1, 0.15) is 99.3 Å². The number of fused-ring (bicyclic) bond motifs is 2. The number of methoxy groups -OCH3 is 1. The van der Waals surface area contributed by atoms with Gasteiger partial charge in [0, 0.05) is 56.5 Å². The molecule has 0 amide bonds. The molecule has 0 aliphatic carbocycles. The van der Waals surface area contributed by atoms with E-state index in [9.17, 15) is 38.4 Å². The molecule has 6 rings (SSSR count). The van der Waals surface area contributed by atoms with Crippen LogP contribution in [-0.4, -0.2) is 172 Å². The van der Waals surface area contributed by atoms with E-state index in [0.29, 0.717) is 31.6 Å². The Balaban J connectivity index is 1.27. The van der Waals surface area contributed by atoms with Gasteiger partial charge in [-0.1, -0.05) is 38.1 Å². The van der Waals surface area contributed by atoms with Crippen LogP contribution in [0.5, 0.6) is 0 Å². The van der Waals surface area contributed by atoms with E-state index in [1.54, 1.807) is 51.4 Å². The number of cyclic esters (lactones) is 1. The lowest BCUT2D eigenvalue weighted by molar-refractivity contribution is -0.317. The second-order valence-corrected chi connectivity index (χ2v) is 22.0. The lowest BCUT2D eigenvalue weighted by atomic mass is 9.75. The Bertz CT molecular complexity index is 2150. The van der Waals surface area contributed by atoms with E-state index < -0.39 is 118 Å². The molecule has 0 radical (unpaired) electrons. The first-order valence-electron chi connectivity index (χ1n) is 23.8. The zero-order valence-corrected chi connectivity index (χ0v) is 42.1. The van der Waals surface area contributed by atoms with Crippen molar-refractivity contribution < 1.29 is 71.6 Å². The van der Waals surface area contributed by atoms with Crippen LogP contribution in [0.4, 0.5) is 0 Å². The summed E-state index contributed by atoms with van der Waals surface area (Å²) in [6, 6.07) is 5.77. The SMILES string of the molecule is CC[C@H]1OC(=O)[C@H](C)[C@@H](O[C@H]2C[C@@](C)(OC)[C@@H](O)[C@H](C)O2)[C@H](C)[C@@H](O[C@@H]2O[C@H](C)C[C@H](N(C)CCc3cn(Cc4ccc(S(N)(=O)=O)cc4)nn3)[C@H]2O)[C@@]2(C)C[C@@H](CO2)C(=O)[C@H](C)[C@@H](O)[C@]1(C)O. The molecule has 4 fully saturated rings. The fraction of sp³-hybridized carbons (Fsp3) is 0.787. The second kappa shape index (κ2) is 21.4. The molecule has 0 unspecified atom stereocenters. The number of nitrogens with two attached hydrogens (primary N) is 1. The van der Waals surface area contributed by atoms with Crippen molar-refractivity contribution in [2.75, 3.05) is 27.3 Å². The van der Waals surface area contributed by atoms with Crippen molar-refractivity contribution in [3.63, 3.8) is 0 Å². The topological polar surface area (TPSA) is 274 Å². The van der Waals surface area contributed by atoms with Crippen molar-refractivity contribution in [1.82, 2.24) is 19.9 Å². The van der Waals surface area contributed by atoms with E-state index in [4.69, 9.17) is 38.3 Å². The maximum Gasteiger partial charge on any atom is 0.311 e. The quantitative estimate of drug-likeness (QED) is 0.179. The summed E-state index contributed by atoms with van der Waals surface area (Å²) in [5.74, 6) is -4.66. The molecule has 18 atom stereocenters. The summed E-state index contributed by atoms with van der Waals surface area (Å²) in [7, 11) is -0.429. The van der Waals surface area contributed by atoms with E-state index in [1.807, 2.05) is 38.9 Å². The van der Waals surface area contributed by atoms with Crippen LogP contribution in [0.15, 0.2) is 35.4 Å². The molecule has 4 saturated heterocycles. The number of carbonyl (C=O) groups is 2. The molecule has 1 aromatic heterocycles. The van der Waals surface area contributed by atoms with Crippen LogP contribution in [-0.2, 0) is 65.7 Å². The summed E-state index contributed by atoms with van der Waals surface area (Å²) in [4.78, 5) is 30.6. The average molecular weight is 982 g/mol. The molecule has 20 nitrogen and oxygen atoms in total. The van der Waals surface area contributed by atoms with Gasteiger partial charge in [0.2, 0.25) is 10.0 Å². The first-order chi connectivity index (χ1) is 31.7. The fourth-order valence-electron chi connectivity index (χ4n) is 10.6. The summed E-state index contributed by atoms with van der Waals surface area (Å²) in [5, 5.41) is 60.4. The van der Waals surface area contributed by atoms with Gasteiger partial charge in [-0.05, 0) is 85.5 Å². The number of hydrogen-bond acceptors (Lipinski definition) is 18. The highest BCUT2D eigenvalue weighted by atomic mass is 32.2. The molecule has 2 bridgehead atoms. The number of aromatic nitrogens is 3. The molecule has 384 valence electrons. The first-order valence-corrected chi connectivity index (χ1v) is 25.3. The fourth-order valence-corrected chi connectivity index (χ4v) is 11.2. The third kappa shape index (κ3) is 11.7. The number of aliphatic hydroxyl groups excluding tert-OH is 3. The number of esters is 1. The van der Waals surface area contributed by atoms with Gasteiger partial charge in [0.15, 0.2) is 12.6 Å². The van der Waals surface area contributed by atoms with Gasteiger partial charge in [-0.3, -0.25) is 9.59 Å². The van der Waals surface area contributed by atoms with Gasteiger partial charge in [0.1, 0.15) is 29.7 Å². The monoisotopic (exact) mass is 981 g/mol. The minimum atomic E-state index is -3.82. The number of benzene rings is 1. The molecule has 6 N–H and O–H groups in total. The standard InChI is InChI=1S/C47H75N5O15S/c1-12-35-47(9,58)40(55)26(3)37(53)31-20-46(8,62-24-31)42(27(4)39(28(5)43(57)65-35)66-36-21-45(7,61-11)41(56)29(6)64-36)67-44-38(54)34(19-25(2)63-44)51(10)18-17-32-23-52(50-49-32)22-30-13-15-33(16-14-30)68(48,59)60/h13-16,23,25-29,31,34-36,38-42,44,54-56,58H,12,17-22,24H2,1-11H3,(H2,48,59,60)/t25-,26+,27+,28-,29+,31+,34+,35-,36+,38-,39+,40-,41+,42-,44+,45-,46-,47-/m1/s1. The number of primary sulfonamides is 1. The Morgan fingerprint density at radius 1 is 0.971 bits per heavy atom. The minimum absolute atomic E-state index is 0.0168. The number of ether oxygens (including phenoxy) is 7. The van der Waals surface area contributed by atoms with Gasteiger partial charge in [0.25, 0.3) is 0 Å². The zero-order valence-electron chi connectivity index (χ0n) is 41.3. The van der Waals surface area contributed by atoms with Gasteiger partial charge >= 0.3 is 5.97 Å². The molecule has 1 aromatic carbocycles.